The molecule has 0 aliphatic carbocycles. The third-order valence-corrected chi connectivity index (χ3v) is 2.76. The van der Waals surface area contributed by atoms with Gasteiger partial charge in [0.2, 0.25) is 0 Å². The minimum absolute atomic E-state index is 0.342. The highest BCUT2D eigenvalue weighted by Gasteiger charge is 2.03. The van der Waals surface area contributed by atoms with Crippen LogP contribution in [0.4, 0.5) is 5.95 Å². The maximum absolute atomic E-state index is 5.99. The number of rotatable bonds is 3. The number of nitrogens with two attached hydrogens (primary N) is 1. The summed E-state index contributed by atoms with van der Waals surface area (Å²) in [5.41, 5.74) is 3.40. The zero-order valence-corrected chi connectivity index (χ0v) is 10.9. The van der Waals surface area contributed by atoms with Crippen LogP contribution in [0.15, 0.2) is 23.3 Å². The molecule has 0 saturated carbocycles. The van der Waals surface area contributed by atoms with Crippen molar-refractivity contribution < 1.29 is 0 Å². The normalized spacial score (nSPS) is 11.1. The molecule has 0 aliphatic rings. The van der Waals surface area contributed by atoms with Gasteiger partial charge in [-0.05, 0) is 19.1 Å². The zero-order chi connectivity index (χ0) is 13.1. The third kappa shape index (κ3) is 2.72. The summed E-state index contributed by atoms with van der Waals surface area (Å²) in [5, 5.41) is 12.6. The molecule has 0 radical (unpaired) electrons. The van der Waals surface area contributed by atoms with E-state index in [-0.39, 0.29) is 0 Å². The van der Waals surface area contributed by atoms with Crippen molar-refractivity contribution in [1.29, 1.82) is 0 Å². The number of benzene rings is 1. The molecule has 0 saturated heterocycles. The first kappa shape index (κ1) is 12.7. The summed E-state index contributed by atoms with van der Waals surface area (Å²) in [5.74, 6) is 6.57. The molecule has 0 bridgehead atoms. The van der Waals surface area contributed by atoms with Crippen molar-refractivity contribution in [2.75, 3.05) is 11.3 Å². The van der Waals surface area contributed by atoms with Gasteiger partial charge in [-0.15, -0.1) is 10.2 Å². The highest BCUT2D eigenvalue weighted by Crippen LogP contribution is 2.19. The van der Waals surface area contributed by atoms with E-state index < -0.39 is 0 Å². The maximum atomic E-state index is 5.99. The summed E-state index contributed by atoms with van der Waals surface area (Å²) in [7, 11) is 0. The number of aromatic nitrogens is 3. The predicted molar refractivity (Wildman–Crippen MR) is 72.6 cm³/mol. The highest BCUT2D eigenvalue weighted by molar-refractivity contribution is 6.36. The average molecular weight is 285 g/mol. The monoisotopic (exact) mass is 284 g/mol. The van der Waals surface area contributed by atoms with Gasteiger partial charge in [-0.1, -0.05) is 29.3 Å². The van der Waals surface area contributed by atoms with Crippen LogP contribution in [-0.4, -0.2) is 21.1 Å². The molecule has 2 rings (SSSR count). The quantitative estimate of drug-likeness (QED) is 0.514. The van der Waals surface area contributed by atoms with Crippen LogP contribution >= 0.6 is 23.2 Å². The van der Waals surface area contributed by atoms with Crippen LogP contribution in [0.3, 0.4) is 0 Å². The SMILES string of the molecule is Cc1nnc(N/N=C\c2ccc(Cl)cc2Cl)n1N. The Morgan fingerprint density at radius 1 is 1.39 bits per heavy atom. The predicted octanol–water partition coefficient (Wildman–Crippen LogP) is 2.05. The van der Waals surface area contributed by atoms with Gasteiger partial charge in [0.15, 0.2) is 5.82 Å². The van der Waals surface area contributed by atoms with Gasteiger partial charge in [0.05, 0.1) is 11.2 Å². The number of nitrogens with zero attached hydrogens (tertiary/aromatic N) is 4. The molecule has 6 nitrogen and oxygen atoms in total. The van der Waals surface area contributed by atoms with Crippen LogP contribution < -0.4 is 11.3 Å². The molecule has 18 heavy (non-hydrogen) atoms. The lowest BCUT2D eigenvalue weighted by molar-refractivity contribution is 0.926. The van der Waals surface area contributed by atoms with Gasteiger partial charge in [-0.3, -0.25) is 0 Å². The largest absolute Gasteiger partial charge is 0.335 e. The van der Waals surface area contributed by atoms with Crippen LogP contribution in [0.5, 0.6) is 0 Å². The number of nitrogen functional groups attached to an aromatic ring is 1. The first-order chi connectivity index (χ1) is 8.58. The number of nitrogens with one attached hydrogen (secondary N) is 1. The van der Waals surface area contributed by atoms with Gasteiger partial charge in [-0.2, -0.15) is 5.10 Å². The molecule has 0 atom stereocenters. The van der Waals surface area contributed by atoms with E-state index in [4.69, 9.17) is 29.0 Å². The molecule has 94 valence electrons. The Bertz CT molecular complexity index is 592. The fourth-order valence-electron chi connectivity index (χ4n) is 1.21. The van der Waals surface area contributed by atoms with Crippen molar-refractivity contribution in [2.45, 2.75) is 6.92 Å². The van der Waals surface area contributed by atoms with E-state index in [9.17, 15) is 0 Å². The summed E-state index contributed by atoms with van der Waals surface area (Å²) in [6.45, 7) is 1.73. The Hall–Kier alpha value is -1.79. The first-order valence-electron chi connectivity index (χ1n) is 4.99. The molecule has 0 amide bonds. The minimum atomic E-state index is 0.342. The highest BCUT2D eigenvalue weighted by atomic mass is 35.5. The molecule has 1 heterocycles. The van der Waals surface area contributed by atoms with Crippen molar-refractivity contribution in [2.24, 2.45) is 5.10 Å². The fraction of sp³-hybridized carbons (Fsp3) is 0.100. The molecule has 8 heteroatoms. The number of hydrogen-bond donors (Lipinski definition) is 2. The van der Waals surface area contributed by atoms with Crippen LogP contribution in [0, 0.1) is 6.92 Å². The molecule has 0 aliphatic heterocycles. The second-order valence-corrected chi connectivity index (χ2v) is 4.32. The zero-order valence-electron chi connectivity index (χ0n) is 9.43. The Morgan fingerprint density at radius 2 is 2.17 bits per heavy atom. The standard InChI is InChI=1S/C10H10Cl2N6/c1-6-15-17-10(18(6)13)16-14-5-7-2-3-8(11)4-9(7)12/h2-5H,13H2,1H3,(H,16,17)/b14-5-. The van der Waals surface area contributed by atoms with Crippen LogP contribution in [-0.2, 0) is 0 Å². The van der Waals surface area contributed by atoms with E-state index in [0.29, 0.717) is 21.8 Å². The van der Waals surface area contributed by atoms with Crippen molar-refractivity contribution >= 4 is 35.4 Å². The van der Waals surface area contributed by atoms with E-state index in [1.165, 1.54) is 4.68 Å². The number of hydrazone groups is 1. The lowest BCUT2D eigenvalue weighted by Gasteiger charge is -2.00. The smallest absolute Gasteiger partial charge is 0.263 e. The molecular formula is C10H10Cl2N6. The average Bonchev–Trinajstić information content (AvgIpc) is 2.64. The molecule has 1 aromatic carbocycles. The second-order valence-electron chi connectivity index (χ2n) is 3.48. The molecule has 1 aromatic heterocycles. The summed E-state index contributed by atoms with van der Waals surface area (Å²) >= 11 is 11.8. The first-order valence-corrected chi connectivity index (χ1v) is 5.75. The van der Waals surface area contributed by atoms with E-state index in [1.54, 1.807) is 31.3 Å². The third-order valence-electron chi connectivity index (χ3n) is 2.20. The molecule has 2 aromatic rings. The topological polar surface area (TPSA) is 81.1 Å². The van der Waals surface area contributed by atoms with Gasteiger partial charge < -0.3 is 5.84 Å². The molecule has 3 N–H and O–H groups in total. The Morgan fingerprint density at radius 3 is 2.78 bits per heavy atom. The van der Waals surface area contributed by atoms with Gasteiger partial charge in [-0.25, -0.2) is 10.1 Å². The number of aryl methyl sites for hydroxylation is 1. The Labute approximate surface area is 113 Å². The Balaban J connectivity index is 2.10. The number of hydrogen-bond acceptors (Lipinski definition) is 5. The van der Waals surface area contributed by atoms with Crippen LogP contribution in [0.2, 0.25) is 10.0 Å². The minimum Gasteiger partial charge on any atom is -0.335 e. The van der Waals surface area contributed by atoms with Gasteiger partial charge in [0.25, 0.3) is 5.95 Å². The van der Waals surface area contributed by atoms with Gasteiger partial charge in [0.1, 0.15) is 0 Å². The second kappa shape index (κ2) is 5.24. The molecule has 0 spiro atoms. The van der Waals surface area contributed by atoms with Crippen molar-refractivity contribution in [1.82, 2.24) is 14.9 Å². The van der Waals surface area contributed by atoms with E-state index in [2.05, 4.69) is 20.7 Å². The molecule has 0 unspecified atom stereocenters. The Kier molecular flexibility index (Phi) is 3.69. The molecular weight excluding hydrogens is 275 g/mol. The van der Waals surface area contributed by atoms with Gasteiger partial charge >= 0.3 is 0 Å². The number of halogens is 2. The summed E-state index contributed by atoms with van der Waals surface area (Å²) in [4.78, 5) is 0. The van der Waals surface area contributed by atoms with Crippen molar-refractivity contribution in [3.8, 4) is 0 Å². The van der Waals surface area contributed by atoms with Crippen LogP contribution in [0.1, 0.15) is 11.4 Å². The van der Waals surface area contributed by atoms with Crippen LogP contribution in [0.25, 0.3) is 0 Å². The van der Waals surface area contributed by atoms with Crippen molar-refractivity contribution in [3.63, 3.8) is 0 Å². The van der Waals surface area contributed by atoms with Crippen molar-refractivity contribution in [3.05, 3.63) is 39.6 Å². The lowest BCUT2D eigenvalue weighted by Crippen LogP contribution is -2.13. The summed E-state index contributed by atoms with van der Waals surface area (Å²) in [6, 6.07) is 5.12. The van der Waals surface area contributed by atoms with E-state index in [0.717, 1.165) is 5.56 Å². The summed E-state index contributed by atoms with van der Waals surface area (Å²) < 4.78 is 1.29. The van der Waals surface area contributed by atoms with E-state index >= 15 is 0 Å². The lowest BCUT2D eigenvalue weighted by atomic mass is 10.2. The van der Waals surface area contributed by atoms with E-state index in [1.807, 2.05) is 0 Å². The van der Waals surface area contributed by atoms with Gasteiger partial charge in [0, 0.05) is 10.6 Å². The fourth-order valence-corrected chi connectivity index (χ4v) is 1.67. The summed E-state index contributed by atoms with van der Waals surface area (Å²) in [6.07, 6.45) is 1.54. The maximum Gasteiger partial charge on any atom is 0.263 e. The molecule has 0 fully saturated rings. The number of anilines is 1.